The number of hydrogen-bond donors (Lipinski definition) is 1. The van der Waals surface area contributed by atoms with Crippen LogP contribution in [0.3, 0.4) is 0 Å². The Hall–Kier alpha value is -3.68. The maximum Gasteiger partial charge on any atom is 0.255 e. The fraction of sp³-hybridized carbons (Fsp3) is 0.400. The Labute approximate surface area is 260 Å². The van der Waals surface area contributed by atoms with Crippen molar-refractivity contribution in [3.8, 4) is 11.1 Å². The van der Waals surface area contributed by atoms with E-state index in [1.807, 2.05) is 54.6 Å². The van der Waals surface area contributed by atoms with Gasteiger partial charge in [0.1, 0.15) is 0 Å². The third kappa shape index (κ3) is 6.94. The molecule has 3 aliphatic rings. The van der Waals surface area contributed by atoms with E-state index in [-0.39, 0.29) is 30.1 Å². The Balaban J connectivity index is 0.00000368. The molecule has 3 aromatic rings. The third-order valence-electron chi connectivity index (χ3n) is 9.06. The molecule has 6 rings (SSSR count). The number of likely N-dealkylation sites (tertiary alicyclic amines) is 2. The van der Waals surface area contributed by atoms with Gasteiger partial charge < -0.3 is 15.1 Å². The molecule has 3 aliphatic heterocycles. The van der Waals surface area contributed by atoms with Crippen LogP contribution in [0.25, 0.3) is 11.1 Å². The fourth-order valence-corrected chi connectivity index (χ4v) is 6.69. The van der Waals surface area contributed by atoms with Crippen LogP contribution < -0.4 is 10.2 Å². The van der Waals surface area contributed by atoms with Crippen molar-refractivity contribution in [1.82, 2.24) is 9.80 Å². The lowest BCUT2D eigenvalue weighted by Gasteiger charge is -2.36. The lowest BCUT2D eigenvalue weighted by atomic mass is 9.93. The Morgan fingerprint density at radius 1 is 0.884 bits per heavy atom. The van der Waals surface area contributed by atoms with Gasteiger partial charge in [0.15, 0.2) is 0 Å². The summed E-state index contributed by atoms with van der Waals surface area (Å²) in [6.07, 6.45) is 6.61. The average molecular weight is 601 g/mol. The molecule has 2 saturated heterocycles. The normalized spacial score (nSPS) is 18.9. The number of nitrogens with zero attached hydrogens (tertiary/aromatic N) is 3. The van der Waals surface area contributed by atoms with Gasteiger partial charge in [-0.1, -0.05) is 42.5 Å². The van der Waals surface area contributed by atoms with Gasteiger partial charge in [-0.25, -0.2) is 0 Å². The van der Waals surface area contributed by atoms with E-state index in [1.54, 1.807) is 11.9 Å². The summed E-state index contributed by atoms with van der Waals surface area (Å²) in [7, 11) is 1.78. The fourth-order valence-electron chi connectivity index (χ4n) is 6.69. The molecule has 1 atom stereocenters. The van der Waals surface area contributed by atoms with Gasteiger partial charge in [-0.15, -0.1) is 12.4 Å². The lowest BCUT2D eigenvalue weighted by Crippen LogP contribution is -2.46. The summed E-state index contributed by atoms with van der Waals surface area (Å²) in [4.78, 5) is 45.1. The van der Waals surface area contributed by atoms with E-state index in [2.05, 4.69) is 27.2 Å². The van der Waals surface area contributed by atoms with Crippen LogP contribution in [0.5, 0.6) is 0 Å². The van der Waals surface area contributed by atoms with Crippen molar-refractivity contribution in [3.05, 3.63) is 83.4 Å². The topological polar surface area (TPSA) is 73.0 Å². The van der Waals surface area contributed by atoms with Crippen LogP contribution in [-0.4, -0.2) is 60.7 Å². The van der Waals surface area contributed by atoms with E-state index in [1.165, 1.54) is 6.42 Å². The average Bonchev–Trinajstić information content (AvgIpc) is 3.03. The van der Waals surface area contributed by atoms with E-state index in [9.17, 15) is 14.4 Å². The highest BCUT2D eigenvalue weighted by molar-refractivity contribution is 6.05. The molecule has 0 bridgehead atoms. The monoisotopic (exact) mass is 600 g/mol. The van der Waals surface area contributed by atoms with Crippen LogP contribution in [0.1, 0.15) is 60.0 Å². The second-order valence-electron chi connectivity index (χ2n) is 11.9. The van der Waals surface area contributed by atoms with Gasteiger partial charge in [-0.05, 0) is 91.6 Å². The molecule has 43 heavy (non-hydrogen) atoms. The number of carbonyl (C=O) groups excluding carboxylic acids is 3. The highest BCUT2D eigenvalue weighted by atomic mass is 35.5. The second kappa shape index (κ2) is 13.7. The first kappa shape index (κ1) is 30.8. The van der Waals surface area contributed by atoms with Crippen molar-refractivity contribution < 1.29 is 14.4 Å². The number of halogens is 1. The predicted molar refractivity (Wildman–Crippen MR) is 174 cm³/mol. The maximum absolute atomic E-state index is 13.5. The SMILES string of the molecule is CN1C(=O)CCc2ccc(NC(=O)c3ccc(-c4ccccc4)c(CN4CCCC(C(=O)N5CCCCC5)C4)c3)cc21.Cl. The van der Waals surface area contributed by atoms with E-state index in [4.69, 9.17) is 0 Å². The molecule has 7 nitrogen and oxygen atoms in total. The summed E-state index contributed by atoms with van der Waals surface area (Å²) in [6.45, 7) is 4.15. The molecule has 0 spiro atoms. The minimum atomic E-state index is -0.183. The molecule has 3 amide bonds. The minimum Gasteiger partial charge on any atom is -0.342 e. The zero-order valence-electron chi connectivity index (χ0n) is 24.9. The summed E-state index contributed by atoms with van der Waals surface area (Å²) in [5.41, 5.74) is 6.51. The molecule has 0 aromatic heterocycles. The van der Waals surface area contributed by atoms with Crippen molar-refractivity contribution in [2.45, 2.75) is 51.5 Å². The molecule has 3 heterocycles. The van der Waals surface area contributed by atoms with Crippen molar-refractivity contribution >= 4 is 41.5 Å². The van der Waals surface area contributed by atoms with E-state index >= 15 is 0 Å². The minimum absolute atomic E-state index is 0. The molecular formula is C35H41ClN4O3. The number of nitrogens with one attached hydrogen (secondary N) is 1. The predicted octanol–water partition coefficient (Wildman–Crippen LogP) is 6.16. The first-order valence-electron chi connectivity index (χ1n) is 15.4. The number of carbonyl (C=O) groups is 3. The van der Waals surface area contributed by atoms with Gasteiger partial charge in [0.05, 0.1) is 5.92 Å². The van der Waals surface area contributed by atoms with Gasteiger partial charge in [0.2, 0.25) is 11.8 Å². The number of amides is 3. The number of anilines is 2. The van der Waals surface area contributed by atoms with E-state index < -0.39 is 0 Å². The summed E-state index contributed by atoms with van der Waals surface area (Å²) < 4.78 is 0. The van der Waals surface area contributed by atoms with Crippen molar-refractivity contribution in [3.63, 3.8) is 0 Å². The Bertz CT molecular complexity index is 1470. The lowest BCUT2D eigenvalue weighted by molar-refractivity contribution is -0.138. The van der Waals surface area contributed by atoms with Crippen LogP contribution in [0.15, 0.2) is 66.7 Å². The van der Waals surface area contributed by atoms with Crippen molar-refractivity contribution in [2.24, 2.45) is 5.92 Å². The summed E-state index contributed by atoms with van der Waals surface area (Å²) in [5.74, 6) is 0.257. The van der Waals surface area contributed by atoms with Crippen LogP contribution in [-0.2, 0) is 22.6 Å². The van der Waals surface area contributed by atoms with Gasteiger partial charge in [0, 0.05) is 56.6 Å². The second-order valence-corrected chi connectivity index (χ2v) is 11.9. The highest BCUT2D eigenvalue weighted by Crippen LogP contribution is 2.31. The van der Waals surface area contributed by atoms with Crippen LogP contribution >= 0.6 is 12.4 Å². The number of benzene rings is 3. The Kier molecular flexibility index (Phi) is 9.83. The molecule has 226 valence electrons. The Morgan fingerprint density at radius 3 is 2.47 bits per heavy atom. The quantitative estimate of drug-likeness (QED) is 0.368. The molecule has 2 fully saturated rings. The van der Waals surface area contributed by atoms with Crippen molar-refractivity contribution in [2.75, 3.05) is 43.4 Å². The maximum atomic E-state index is 13.5. The molecule has 8 heteroatoms. The molecule has 3 aromatic carbocycles. The molecule has 0 aliphatic carbocycles. The standard InChI is InChI=1S/C35H40N4O3.ClH/c1-37-32-22-30(15-12-26(32)14-17-33(37)40)36-34(41)27-13-16-31(25-9-4-2-5-10-25)29(21-27)24-38-18-8-11-28(23-38)35(42)39-19-6-3-7-20-39;/h2,4-5,9-10,12-13,15-16,21-22,28H,3,6-8,11,14,17-20,23-24H2,1H3,(H,36,41);1H. The number of hydrogen-bond acceptors (Lipinski definition) is 4. The highest BCUT2D eigenvalue weighted by Gasteiger charge is 2.30. The number of rotatable bonds is 6. The van der Waals surface area contributed by atoms with Gasteiger partial charge in [0.25, 0.3) is 5.91 Å². The molecule has 1 N–H and O–H groups in total. The van der Waals surface area contributed by atoms with Gasteiger partial charge in [-0.2, -0.15) is 0 Å². The Morgan fingerprint density at radius 2 is 1.67 bits per heavy atom. The first-order valence-corrected chi connectivity index (χ1v) is 15.4. The van der Waals surface area contributed by atoms with Gasteiger partial charge in [-0.3, -0.25) is 19.3 Å². The first-order chi connectivity index (χ1) is 20.5. The van der Waals surface area contributed by atoms with Crippen LogP contribution in [0.4, 0.5) is 11.4 Å². The van der Waals surface area contributed by atoms with Crippen LogP contribution in [0, 0.1) is 5.92 Å². The summed E-state index contributed by atoms with van der Waals surface area (Å²) in [5, 5.41) is 3.05. The van der Waals surface area contributed by atoms with Crippen LogP contribution in [0.2, 0.25) is 0 Å². The smallest absolute Gasteiger partial charge is 0.255 e. The largest absolute Gasteiger partial charge is 0.342 e. The number of piperidine rings is 2. The third-order valence-corrected chi connectivity index (χ3v) is 9.06. The number of fused-ring (bicyclic) bond motifs is 1. The van der Waals surface area contributed by atoms with Crippen molar-refractivity contribution in [1.29, 1.82) is 0 Å². The summed E-state index contributed by atoms with van der Waals surface area (Å²) in [6, 6.07) is 22.0. The molecule has 1 unspecified atom stereocenters. The zero-order valence-corrected chi connectivity index (χ0v) is 25.7. The number of aryl methyl sites for hydroxylation is 1. The van der Waals surface area contributed by atoms with E-state index in [0.29, 0.717) is 30.1 Å². The van der Waals surface area contributed by atoms with Gasteiger partial charge >= 0.3 is 0 Å². The zero-order chi connectivity index (χ0) is 29.1. The summed E-state index contributed by atoms with van der Waals surface area (Å²) >= 11 is 0. The molecule has 0 radical (unpaired) electrons. The molecule has 0 saturated carbocycles. The molecular weight excluding hydrogens is 560 g/mol. The van der Waals surface area contributed by atoms with E-state index in [0.717, 1.165) is 86.2 Å².